The highest BCUT2D eigenvalue weighted by Crippen LogP contribution is 2.34. The molecular weight excluding hydrogens is 326 g/mol. The summed E-state index contributed by atoms with van der Waals surface area (Å²) in [7, 11) is 0. The normalized spacial score (nSPS) is 12.2. The van der Waals surface area contributed by atoms with Crippen LogP contribution in [0, 0.1) is 6.92 Å². The predicted octanol–water partition coefficient (Wildman–Crippen LogP) is 3.49. The Morgan fingerprint density at radius 1 is 1.21 bits per heavy atom. The van der Waals surface area contributed by atoms with Crippen LogP contribution >= 0.6 is 11.3 Å². The first-order valence-electron chi connectivity index (χ1n) is 7.30. The standard InChI is InChI=1S/C17H13N3O3S/c1-10-15(24-17(19-10)12-4-2-3-7-18-12)16(21)20-11-5-6-13-14(8-11)23-9-22-13/h2-8H,9H2,1H3,(H,20,21). The number of aromatic nitrogens is 2. The Bertz CT molecular complexity index is 909. The molecule has 0 saturated heterocycles. The number of benzene rings is 1. The summed E-state index contributed by atoms with van der Waals surface area (Å²) in [5.74, 6) is 1.11. The molecule has 120 valence electrons. The van der Waals surface area contributed by atoms with E-state index in [0.29, 0.717) is 27.8 Å². The Hall–Kier alpha value is -2.93. The number of amides is 1. The van der Waals surface area contributed by atoms with E-state index in [4.69, 9.17) is 9.47 Å². The van der Waals surface area contributed by atoms with Crippen LogP contribution in [-0.2, 0) is 0 Å². The number of hydrogen-bond donors (Lipinski definition) is 1. The first-order valence-corrected chi connectivity index (χ1v) is 8.12. The number of carbonyl (C=O) groups is 1. The van der Waals surface area contributed by atoms with Crippen molar-refractivity contribution < 1.29 is 14.3 Å². The fourth-order valence-corrected chi connectivity index (χ4v) is 3.31. The summed E-state index contributed by atoms with van der Waals surface area (Å²) < 4.78 is 10.6. The number of hydrogen-bond acceptors (Lipinski definition) is 6. The lowest BCUT2D eigenvalue weighted by molar-refractivity contribution is 0.103. The van der Waals surface area contributed by atoms with Crippen molar-refractivity contribution >= 4 is 22.9 Å². The largest absolute Gasteiger partial charge is 0.454 e. The number of aryl methyl sites for hydroxylation is 1. The molecule has 0 radical (unpaired) electrons. The zero-order chi connectivity index (χ0) is 16.5. The number of pyridine rings is 1. The molecule has 1 N–H and O–H groups in total. The summed E-state index contributed by atoms with van der Waals surface area (Å²) in [5.41, 5.74) is 2.09. The predicted molar refractivity (Wildman–Crippen MR) is 90.6 cm³/mol. The molecule has 1 aliphatic rings. The molecule has 1 aromatic carbocycles. The van der Waals surface area contributed by atoms with Crippen LogP contribution in [0.4, 0.5) is 5.69 Å². The molecule has 0 fully saturated rings. The topological polar surface area (TPSA) is 73.3 Å². The van der Waals surface area contributed by atoms with E-state index in [1.54, 1.807) is 24.4 Å². The number of thiazole rings is 1. The van der Waals surface area contributed by atoms with Crippen molar-refractivity contribution in [2.45, 2.75) is 6.92 Å². The Kier molecular flexibility index (Phi) is 3.62. The van der Waals surface area contributed by atoms with Crippen molar-refractivity contribution in [1.29, 1.82) is 0 Å². The Morgan fingerprint density at radius 2 is 2.08 bits per heavy atom. The molecule has 0 bridgehead atoms. The molecular formula is C17H13N3O3S. The summed E-state index contributed by atoms with van der Waals surface area (Å²) in [6, 6.07) is 10.9. The van der Waals surface area contributed by atoms with Crippen LogP contribution in [0.5, 0.6) is 11.5 Å². The van der Waals surface area contributed by atoms with E-state index >= 15 is 0 Å². The monoisotopic (exact) mass is 339 g/mol. The first-order chi connectivity index (χ1) is 11.7. The molecule has 7 heteroatoms. The molecule has 0 aliphatic carbocycles. The number of fused-ring (bicyclic) bond motifs is 1. The number of ether oxygens (including phenoxy) is 2. The number of nitrogens with zero attached hydrogens (tertiary/aromatic N) is 2. The van der Waals surface area contributed by atoms with Gasteiger partial charge in [0, 0.05) is 18.0 Å². The van der Waals surface area contributed by atoms with E-state index in [1.807, 2.05) is 25.1 Å². The maximum Gasteiger partial charge on any atom is 0.267 e. The lowest BCUT2D eigenvalue weighted by Gasteiger charge is -2.05. The Morgan fingerprint density at radius 3 is 2.92 bits per heavy atom. The Balaban J connectivity index is 1.58. The molecule has 2 aromatic heterocycles. The second-order valence-corrected chi connectivity index (χ2v) is 6.17. The summed E-state index contributed by atoms with van der Waals surface area (Å²) in [4.78, 5) is 21.8. The van der Waals surface area contributed by atoms with Gasteiger partial charge < -0.3 is 14.8 Å². The van der Waals surface area contributed by atoms with Crippen LogP contribution in [0.2, 0.25) is 0 Å². The van der Waals surface area contributed by atoms with Crippen molar-refractivity contribution in [2.75, 3.05) is 12.1 Å². The van der Waals surface area contributed by atoms with Crippen LogP contribution in [-0.4, -0.2) is 22.7 Å². The third kappa shape index (κ3) is 2.69. The molecule has 24 heavy (non-hydrogen) atoms. The van der Waals surface area contributed by atoms with Crippen molar-refractivity contribution in [3.05, 3.63) is 53.2 Å². The number of nitrogens with one attached hydrogen (secondary N) is 1. The van der Waals surface area contributed by atoms with Gasteiger partial charge in [-0.1, -0.05) is 6.07 Å². The van der Waals surface area contributed by atoms with Crippen molar-refractivity contribution in [3.63, 3.8) is 0 Å². The van der Waals surface area contributed by atoms with Crippen LogP contribution in [0.1, 0.15) is 15.4 Å². The minimum atomic E-state index is -0.203. The van der Waals surface area contributed by atoms with E-state index < -0.39 is 0 Å². The van der Waals surface area contributed by atoms with Crippen LogP contribution in [0.25, 0.3) is 10.7 Å². The van der Waals surface area contributed by atoms with Gasteiger partial charge in [-0.15, -0.1) is 11.3 Å². The summed E-state index contributed by atoms with van der Waals surface area (Å²) in [6.45, 7) is 2.02. The van der Waals surface area contributed by atoms with E-state index in [2.05, 4.69) is 15.3 Å². The second kappa shape index (κ2) is 5.93. The third-order valence-corrected chi connectivity index (χ3v) is 4.70. The molecule has 1 aliphatic heterocycles. The van der Waals surface area contributed by atoms with Gasteiger partial charge in [0.15, 0.2) is 11.5 Å². The number of anilines is 1. The van der Waals surface area contributed by atoms with Gasteiger partial charge in [0.05, 0.1) is 11.4 Å². The molecule has 0 unspecified atom stereocenters. The maximum absolute atomic E-state index is 12.5. The quantitative estimate of drug-likeness (QED) is 0.791. The summed E-state index contributed by atoms with van der Waals surface area (Å²) >= 11 is 1.32. The second-order valence-electron chi connectivity index (χ2n) is 5.17. The molecule has 0 atom stereocenters. The van der Waals surface area contributed by atoms with Crippen molar-refractivity contribution in [3.8, 4) is 22.2 Å². The first kappa shape index (κ1) is 14.6. The van der Waals surface area contributed by atoms with Crippen LogP contribution in [0.3, 0.4) is 0 Å². The number of rotatable bonds is 3. The average molecular weight is 339 g/mol. The molecule has 6 nitrogen and oxygen atoms in total. The molecule has 3 heterocycles. The van der Waals surface area contributed by atoms with Crippen LogP contribution < -0.4 is 14.8 Å². The minimum absolute atomic E-state index is 0.203. The van der Waals surface area contributed by atoms with E-state index in [-0.39, 0.29) is 12.7 Å². The fourth-order valence-electron chi connectivity index (χ4n) is 2.37. The summed E-state index contributed by atoms with van der Waals surface area (Å²) in [5, 5.41) is 3.59. The smallest absolute Gasteiger partial charge is 0.267 e. The van der Waals surface area contributed by atoms with Gasteiger partial charge >= 0.3 is 0 Å². The lowest BCUT2D eigenvalue weighted by atomic mass is 10.2. The molecule has 1 amide bonds. The zero-order valence-electron chi connectivity index (χ0n) is 12.8. The van der Waals surface area contributed by atoms with Crippen molar-refractivity contribution in [2.24, 2.45) is 0 Å². The zero-order valence-corrected chi connectivity index (χ0v) is 13.6. The van der Waals surface area contributed by atoms with Gasteiger partial charge in [0.1, 0.15) is 9.88 Å². The van der Waals surface area contributed by atoms with Crippen LogP contribution in [0.15, 0.2) is 42.6 Å². The van der Waals surface area contributed by atoms with Gasteiger partial charge in [-0.25, -0.2) is 4.98 Å². The van der Waals surface area contributed by atoms with Gasteiger partial charge in [-0.2, -0.15) is 0 Å². The lowest BCUT2D eigenvalue weighted by Crippen LogP contribution is -2.11. The average Bonchev–Trinajstić information content (AvgIpc) is 3.21. The van der Waals surface area contributed by atoms with Gasteiger partial charge in [-0.05, 0) is 31.2 Å². The van der Waals surface area contributed by atoms with E-state index in [9.17, 15) is 4.79 Å². The van der Waals surface area contributed by atoms with Gasteiger partial charge in [0.2, 0.25) is 6.79 Å². The number of carbonyl (C=O) groups excluding carboxylic acids is 1. The maximum atomic E-state index is 12.5. The third-order valence-electron chi connectivity index (χ3n) is 3.52. The molecule has 0 saturated carbocycles. The van der Waals surface area contributed by atoms with Crippen molar-refractivity contribution in [1.82, 2.24) is 9.97 Å². The molecule has 4 rings (SSSR count). The molecule has 3 aromatic rings. The van der Waals surface area contributed by atoms with Gasteiger partial charge in [0.25, 0.3) is 5.91 Å². The minimum Gasteiger partial charge on any atom is -0.454 e. The highest BCUT2D eigenvalue weighted by Gasteiger charge is 2.18. The highest BCUT2D eigenvalue weighted by atomic mass is 32.1. The Labute approximate surface area is 142 Å². The summed E-state index contributed by atoms with van der Waals surface area (Å²) in [6.07, 6.45) is 1.71. The van der Waals surface area contributed by atoms with E-state index in [0.717, 1.165) is 10.7 Å². The van der Waals surface area contributed by atoms with E-state index in [1.165, 1.54) is 11.3 Å². The van der Waals surface area contributed by atoms with Gasteiger partial charge in [-0.3, -0.25) is 9.78 Å². The fraction of sp³-hybridized carbons (Fsp3) is 0.118. The highest BCUT2D eigenvalue weighted by molar-refractivity contribution is 7.17. The molecule has 0 spiro atoms. The SMILES string of the molecule is Cc1nc(-c2ccccn2)sc1C(=O)Nc1ccc2c(c1)OCO2.